The number of hydrogen-bond acceptors (Lipinski definition) is 3. The van der Waals surface area contributed by atoms with Crippen LogP contribution in [0.2, 0.25) is 0 Å². The summed E-state index contributed by atoms with van der Waals surface area (Å²) < 4.78 is 27.8. The molecule has 0 saturated carbocycles. The third-order valence-electron chi connectivity index (χ3n) is 4.27. The zero-order valence-electron chi connectivity index (χ0n) is 15.7. The van der Waals surface area contributed by atoms with Crippen LogP contribution in [0.5, 0.6) is 0 Å². The van der Waals surface area contributed by atoms with Crippen LogP contribution < -0.4 is 4.72 Å². The fourth-order valence-corrected chi connectivity index (χ4v) is 3.73. The lowest BCUT2D eigenvalue weighted by Crippen LogP contribution is -2.15. The number of carbonyl (C=O) groups excluding carboxylic acids is 1. The molecule has 0 atom stereocenters. The lowest BCUT2D eigenvalue weighted by atomic mass is 10.1. The number of ketones is 1. The zero-order valence-corrected chi connectivity index (χ0v) is 16.5. The SMILES string of the molecule is Cc1ccc(/C=C/C(=O)c2ccccc2NS(=O)(=O)c2ccc(C)cc2)cc1. The highest BCUT2D eigenvalue weighted by Crippen LogP contribution is 2.21. The zero-order chi connectivity index (χ0) is 20.1. The van der Waals surface area contributed by atoms with Crippen molar-refractivity contribution in [2.24, 2.45) is 0 Å². The predicted octanol–water partition coefficient (Wildman–Crippen LogP) is 5.00. The lowest BCUT2D eigenvalue weighted by Gasteiger charge is -2.11. The molecule has 3 aromatic rings. The Hall–Kier alpha value is -3.18. The van der Waals surface area contributed by atoms with Gasteiger partial charge in [0.25, 0.3) is 10.0 Å². The maximum Gasteiger partial charge on any atom is 0.261 e. The fourth-order valence-electron chi connectivity index (χ4n) is 2.65. The van der Waals surface area contributed by atoms with Gasteiger partial charge in [0.15, 0.2) is 5.78 Å². The highest BCUT2D eigenvalue weighted by molar-refractivity contribution is 7.92. The summed E-state index contributed by atoms with van der Waals surface area (Å²) in [5.41, 5.74) is 3.55. The Morgan fingerprint density at radius 2 is 1.39 bits per heavy atom. The van der Waals surface area contributed by atoms with E-state index in [2.05, 4.69) is 4.72 Å². The molecule has 3 rings (SSSR count). The van der Waals surface area contributed by atoms with Gasteiger partial charge in [-0.1, -0.05) is 65.7 Å². The van der Waals surface area contributed by atoms with Gasteiger partial charge in [0.1, 0.15) is 0 Å². The summed E-state index contributed by atoms with van der Waals surface area (Å²) in [5.74, 6) is -0.275. The topological polar surface area (TPSA) is 63.2 Å². The molecule has 0 radical (unpaired) electrons. The highest BCUT2D eigenvalue weighted by atomic mass is 32.2. The van der Waals surface area contributed by atoms with E-state index >= 15 is 0 Å². The number of hydrogen-bond donors (Lipinski definition) is 1. The summed E-state index contributed by atoms with van der Waals surface area (Å²) in [7, 11) is -3.78. The molecule has 1 N–H and O–H groups in total. The Balaban J connectivity index is 1.85. The summed E-state index contributed by atoms with van der Waals surface area (Å²) in [5, 5.41) is 0. The van der Waals surface area contributed by atoms with Crippen molar-refractivity contribution in [2.75, 3.05) is 4.72 Å². The molecule has 0 aromatic heterocycles. The average molecular weight is 391 g/mol. The molecule has 0 aliphatic carbocycles. The third kappa shape index (κ3) is 4.75. The maximum atomic E-state index is 12.7. The second-order valence-electron chi connectivity index (χ2n) is 6.57. The van der Waals surface area contributed by atoms with E-state index in [1.165, 1.54) is 6.08 Å². The summed E-state index contributed by atoms with van der Waals surface area (Å²) >= 11 is 0. The number of rotatable bonds is 6. The van der Waals surface area contributed by atoms with Crippen LogP contribution in [0.4, 0.5) is 5.69 Å². The summed E-state index contributed by atoms with van der Waals surface area (Å²) in [6, 6.07) is 20.9. The molecule has 0 unspecified atom stereocenters. The number of sulfonamides is 1. The minimum atomic E-state index is -3.78. The summed E-state index contributed by atoms with van der Waals surface area (Å²) in [6.07, 6.45) is 3.16. The van der Waals surface area contributed by atoms with Crippen LogP contribution in [0.3, 0.4) is 0 Å². The molecular formula is C23H21NO3S. The molecule has 142 valence electrons. The van der Waals surface area contributed by atoms with Crippen molar-refractivity contribution in [3.8, 4) is 0 Å². The first-order valence-electron chi connectivity index (χ1n) is 8.83. The third-order valence-corrected chi connectivity index (χ3v) is 5.65. The van der Waals surface area contributed by atoms with Crippen molar-refractivity contribution >= 4 is 27.6 Å². The Kier molecular flexibility index (Phi) is 5.76. The molecule has 0 fully saturated rings. The normalized spacial score (nSPS) is 11.5. The first-order chi connectivity index (χ1) is 13.3. The van der Waals surface area contributed by atoms with Crippen LogP contribution in [-0.4, -0.2) is 14.2 Å². The molecule has 4 nitrogen and oxygen atoms in total. The number of carbonyl (C=O) groups is 1. The Morgan fingerprint density at radius 3 is 2.04 bits per heavy atom. The van der Waals surface area contributed by atoms with Gasteiger partial charge in [-0.15, -0.1) is 0 Å². The number of allylic oxidation sites excluding steroid dienone is 1. The number of benzene rings is 3. The molecule has 0 saturated heterocycles. The van der Waals surface area contributed by atoms with Crippen LogP contribution in [0.25, 0.3) is 6.08 Å². The largest absolute Gasteiger partial charge is 0.289 e. The van der Waals surface area contributed by atoms with Crippen LogP contribution in [0.15, 0.2) is 83.8 Å². The van der Waals surface area contributed by atoms with Crippen molar-refractivity contribution in [1.82, 2.24) is 0 Å². The van der Waals surface area contributed by atoms with E-state index in [1.807, 2.05) is 38.1 Å². The van der Waals surface area contributed by atoms with Crippen LogP contribution >= 0.6 is 0 Å². The van der Waals surface area contributed by atoms with E-state index < -0.39 is 10.0 Å². The van der Waals surface area contributed by atoms with E-state index in [1.54, 1.807) is 54.6 Å². The highest BCUT2D eigenvalue weighted by Gasteiger charge is 2.17. The number of anilines is 1. The number of nitrogens with one attached hydrogen (secondary N) is 1. The van der Waals surface area contributed by atoms with Crippen molar-refractivity contribution in [1.29, 1.82) is 0 Å². The summed E-state index contributed by atoms with van der Waals surface area (Å²) in [6.45, 7) is 3.88. The van der Waals surface area contributed by atoms with E-state index in [-0.39, 0.29) is 16.4 Å². The van der Waals surface area contributed by atoms with Crippen molar-refractivity contribution < 1.29 is 13.2 Å². The standard InChI is InChI=1S/C23H21NO3S/c1-17-7-11-19(12-8-17)13-16-23(25)21-5-3-4-6-22(21)24-28(26,27)20-14-9-18(2)10-15-20/h3-16,24H,1-2H3/b16-13+. The maximum absolute atomic E-state index is 12.7. The number of aryl methyl sites for hydroxylation is 2. The number of para-hydroxylation sites is 1. The molecular weight excluding hydrogens is 370 g/mol. The van der Waals surface area contributed by atoms with Gasteiger partial charge in [-0.3, -0.25) is 9.52 Å². The van der Waals surface area contributed by atoms with Gasteiger partial charge >= 0.3 is 0 Å². The molecule has 0 heterocycles. The Morgan fingerprint density at radius 1 is 0.821 bits per heavy atom. The molecule has 0 aliphatic heterocycles. The molecule has 28 heavy (non-hydrogen) atoms. The van der Waals surface area contributed by atoms with Gasteiger partial charge in [-0.05, 0) is 49.8 Å². The summed E-state index contributed by atoms with van der Waals surface area (Å²) in [4.78, 5) is 12.8. The quantitative estimate of drug-likeness (QED) is 0.475. The second-order valence-corrected chi connectivity index (χ2v) is 8.25. The van der Waals surface area contributed by atoms with Crippen LogP contribution in [0, 0.1) is 13.8 Å². The smallest absolute Gasteiger partial charge is 0.261 e. The fraction of sp³-hybridized carbons (Fsp3) is 0.0870. The Labute approximate surface area is 165 Å². The second kappa shape index (κ2) is 8.23. The van der Waals surface area contributed by atoms with Crippen molar-refractivity contribution in [3.63, 3.8) is 0 Å². The van der Waals surface area contributed by atoms with Crippen LogP contribution in [-0.2, 0) is 10.0 Å². The molecule has 3 aromatic carbocycles. The van der Waals surface area contributed by atoms with Gasteiger partial charge in [0.2, 0.25) is 0 Å². The monoisotopic (exact) mass is 391 g/mol. The van der Waals surface area contributed by atoms with E-state index in [9.17, 15) is 13.2 Å². The van der Waals surface area contributed by atoms with E-state index in [0.717, 1.165) is 16.7 Å². The van der Waals surface area contributed by atoms with Crippen LogP contribution in [0.1, 0.15) is 27.0 Å². The first-order valence-corrected chi connectivity index (χ1v) is 10.3. The predicted molar refractivity (Wildman–Crippen MR) is 113 cm³/mol. The van der Waals surface area contributed by atoms with Gasteiger partial charge < -0.3 is 0 Å². The minimum Gasteiger partial charge on any atom is -0.289 e. The van der Waals surface area contributed by atoms with Gasteiger partial charge in [-0.25, -0.2) is 8.42 Å². The molecule has 5 heteroatoms. The molecule has 0 bridgehead atoms. The van der Waals surface area contributed by atoms with Gasteiger partial charge in [0.05, 0.1) is 10.6 Å². The van der Waals surface area contributed by atoms with Gasteiger partial charge in [0, 0.05) is 5.56 Å². The van der Waals surface area contributed by atoms with Crippen molar-refractivity contribution in [2.45, 2.75) is 18.7 Å². The first kappa shape index (κ1) is 19.6. The van der Waals surface area contributed by atoms with E-state index in [0.29, 0.717) is 5.56 Å². The molecule has 0 spiro atoms. The minimum absolute atomic E-state index is 0.149. The van der Waals surface area contributed by atoms with Crippen molar-refractivity contribution in [3.05, 3.63) is 101 Å². The molecule has 0 aliphatic rings. The lowest BCUT2D eigenvalue weighted by molar-refractivity contribution is 0.104. The van der Waals surface area contributed by atoms with Gasteiger partial charge in [-0.2, -0.15) is 0 Å². The average Bonchev–Trinajstić information content (AvgIpc) is 2.68. The van der Waals surface area contributed by atoms with E-state index in [4.69, 9.17) is 0 Å². The molecule has 0 amide bonds. The Bertz CT molecular complexity index is 1110.